The molecular formula is C14H19NO3S. The summed E-state index contributed by atoms with van der Waals surface area (Å²) in [4.78, 5) is 24.2. The lowest BCUT2D eigenvalue weighted by atomic mass is 9.99. The first-order valence-electron chi connectivity index (χ1n) is 6.69. The fourth-order valence-corrected chi connectivity index (χ4v) is 3.20. The second-order valence-electron chi connectivity index (χ2n) is 4.83. The Kier molecular flexibility index (Phi) is 4.96. The van der Waals surface area contributed by atoms with E-state index in [1.807, 2.05) is 0 Å². The molecule has 0 radical (unpaired) electrons. The van der Waals surface area contributed by atoms with E-state index in [-0.39, 0.29) is 11.8 Å². The minimum Gasteiger partial charge on any atom is -0.465 e. The molecule has 1 saturated carbocycles. The van der Waals surface area contributed by atoms with Gasteiger partial charge < -0.3 is 10.1 Å². The third-order valence-corrected chi connectivity index (χ3v) is 4.41. The van der Waals surface area contributed by atoms with E-state index in [0.29, 0.717) is 10.6 Å². The number of hydrogen-bond acceptors (Lipinski definition) is 4. The van der Waals surface area contributed by atoms with Crippen LogP contribution in [0, 0.1) is 5.92 Å². The number of anilines is 1. The summed E-state index contributed by atoms with van der Waals surface area (Å²) in [6, 6.07) is 1.76. The predicted molar refractivity (Wildman–Crippen MR) is 75.5 cm³/mol. The summed E-state index contributed by atoms with van der Waals surface area (Å²) in [5.41, 5.74) is 0.575. The molecule has 1 aromatic rings. The van der Waals surface area contributed by atoms with Crippen LogP contribution < -0.4 is 5.32 Å². The zero-order valence-corrected chi connectivity index (χ0v) is 11.9. The first kappa shape index (κ1) is 14.1. The molecule has 1 amide bonds. The summed E-state index contributed by atoms with van der Waals surface area (Å²) < 4.78 is 4.70. The van der Waals surface area contributed by atoms with Crippen LogP contribution >= 0.6 is 11.3 Å². The fourth-order valence-electron chi connectivity index (χ4n) is 2.43. The molecule has 4 nitrogen and oxygen atoms in total. The summed E-state index contributed by atoms with van der Waals surface area (Å²) >= 11 is 1.29. The van der Waals surface area contributed by atoms with Crippen LogP contribution in [0.5, 0.6) is 0 Å². The van der Waals surface area contributed by atoms with Gasteiger partial charge >= 0.3 is 5.97 Å². The van der Waals surface area contributed by atoms with Gasteiger partial charge in [0.1, 0.15) is 4.88 Å². The number of ether oxygens (including phenoxy) is 1. The number of thiophene rings is 1. The van der Waals surface area contributed by atoms with Crippen molar-refractivity contribution in [1.29, 1.82) is 0 Å². The Labute approximate surface area is 117 Å². The standard InChI is InChI=1S/C14H19NO3S/c1-18-14(17)12-11(8-9-19-12)15-13(16)10-6-4-2-3-5-7-10/h8-10H,2-7H2,1H3,(H,15,16). The number of carbonyl (C=O) groups excluding carboxylic acids is 2. The van der Waals surface area contributed by atoms with Gasteiger partial charge in [0, 0.05) is 5.92 Å². The first-order chi connectivity index (χ1) is 9.22. The van der Waals surface area contributed by atoms with Gasteiger partial charge in [0.2, 0.25) is 5.91 Å². The van der Waals surface area contributed by atoms with Crippen molar-refractivity contribution >= 4 is 28.9 Å². The SMILES string of the molecule is COC(=O)c1sccc1NC(=O)C1CCCCCC1. The highest BCUT2D eigenvalue weighted by Crippen LogP contribution is 2.27. The van der Waals surface area contributed by atoms with Crippen LogP contribution in [0.25, 0.3) is 0 Å². The number of esters is 1. The molecule has 1 fully saturated rings. The summed E-state index contributed by atoms with van der Waals surface area (Å²) in [7, 11) is 1.35. The van der Waals surface area contributed by atoms with Gasteiger partial charge in [-0.25, -0.2) is 4.79 Å². The first-order valence-corrected chi connectivity index (χ1v) is 7.57. The van der Waals surface area contributed by atoms with Crippen molar-refractivity contribution in [3.05, 3.63) is 16.3 Å². The van der Waals surface area contributed by atoms with Crippen LogP contribution in [-0.2, 0) is 9.53 Å². The van der Waals surface area contributed by atoms with E-state index in [0.717, 1.165) is 25.7 Å². The van der Waals surface area contributed by atoms with Crippen molar-refractivity contribution in [2.24, 2.45) is 5.92 Å². The van der Waals surface area contributed by atoms with Crippen molar-refractivity contribution in [2.45, 2.75) is 38.5 Å². The second-order valence-corrected chi connectivity index (χ2v) is 5.75. The summed E-state index contributed by atoms with van der Waals surface area (Å²) in [5.74, 6) is -0.287. The van der Waals surface area contributed by atoms with Crippen molar-refractivity contribution in [1.82, 2.24) is 0 Å². The maximum absolute atomic E-state index is 12.2. The minimum absolute atomic E-state index is 0.0328. The summed E-state index contributed by atoms with van der Waals surface area (Å²) in [5, 5.41) is 4.66. The van der Waals surface area contributed by atoms with Crippen LogP contribution in [0.2, 0.25) is 0 Å². The smallest absolute Gasteiger partial charge is 0.350 e. The van der Waals surface area contributed by atoms with Crippen molar-refractivity contribution < 1.29 is 14.3 Å². The molecule has 0 saturated heterocycles. The average Bonchev–Trinajstić information content (AvgIpc) is 2.71. The number of nitrogens with one attached hydrogen (secondary N) is 1. The largest absolute Gasteiger partial charge is 0.465 e. The topological polar surface area (TPSA) is 55.4 Å². The quantitative estimate of drug-likeness (QED) is 0.682. The van der Waals surface area contributed by atoms with E-state index in [2.05, 4.69) is 5.32 Å². The number of amides is 1. The lowest BCUT2D eigenvalue weighted by Gasteiger charge is -2.14. The molecule has 1 N–H and O–H groups in total. The number of rotatable bonds is 3. The fraction of sp³-hybridized carbons (Fsp3) is 0.571. The van der Waals surface area contributed by atoms with Crippen LogP contribution in [0.1, 0.15) is 48.2 Å². The predicted octanol–water partition coefficient (Wildman–Crippen LogP) is 3.44. The molecule has 0 atom stereocenters. The molecule has 1 aliphatic carbocycles. The summed E-state index contributed by atoms with van der Waals surface area (Å²) in [6.45, 7) is 0. The average molecular weight is 281 g/mol. The number of hydrogen-bond donors (Lipinski definition) is 1. The van der Waals surface area contributed by atoms with Gasteiger partial charge in [-0.2, -0.15) is 0 Å². The minimum atomic E-state index is -0.397. The van der Waals surface area contributed by atoms with Crippen LogP contribution in [0.3, 0.4) is 0 Å². The molecule has 1 aromatic heterocycles. The molecule has 19 heavy (non-hydrogen) atoms. The molecule has 0 unspecified atom stereocenters. The molecule has 2 rings (SSSR count). The van der Waals surface area contributed by atoms with Crippen LogP contribution in [0.15, 0.2) is 11.4 Å². The third kappa shape index (κ3) is 3.56. The van der Waals surface area contributed by atoms with Gasteiger partial charge in [-0.3, -0.25) is 4.79 Å². The Balaban J connectivity index is 2.02. The van der Waals surface area contributed by atoms with Gasteiger partial charge in [-0.15, -0.1) is 11.3 Å². The van der Waals surface area contributed by atoms with E-state index in [1.165, 1.54) is 31.3 Å². The number of methoxy groups -OCH3 is 1. The second kappa shape index (κ2) is 6.70. The van der Waals surface area contributed by atoms with Crippen LogP contribution in [-0.4, -0.2) is 19.0 Å². The number of carbonyl (C=O) groups is 2. The van der Waals surface area contributed by atoms with Gasteiger partial charge in [-0.1, -0.05) is 25.7 Å². The van der Waals surface area contributed by atoms with Crippen molar-refractivity contribution in [2.75, 3.05) is 12.4 Å². The molecule has 0 spiro atoms. The lowest BCUT2D eigenvalue weighted by Crippen LogP contribution is -2.23. The normalized spacial score (nSPS) is 16.7. The van der Waals surface area contributed by atoms with Gasteiger partial charge in [-0.05, 0) is 24.3 Å². The van der Waals surface area contributed by atoms with Crippen molar-refractivity contribution in [3.63, 3.8) is 0 Å². The maximum Gasteiger partial charge on any atom is 0.350 e. The molecule has 0 aromatic carbocycles. The van der Waals surface area contributed by atoms with E-state index in [1.54, 1.807) is 11.4 Å². The Morgan fingerprint density at radius 2 is 1.95 bits per heavy atom. The highest BCUT2D eigenvalue weighted by Gasteiger charge is 2.22. The van der Waals surface area contributed by atoms with Gasteiger partial charge in [0.15, 0.2) is 0 Å². The van der Waals surface area contributed by atoms with E-state index in [4.69, 9.17) is 4.74 Å². The van der Waals surface area contributed by atoms with Gasteiger partial charge in [0.25, 0.3) is 0 Å². The molecular weight excluding hydrogens is 262 g/mol. The van der Waals surface area contributed by atoms with E-state index < -0.39 is 5.97 Å². The molecule has 0 bridgehead atoms. The van der Waals surface area contributed by atoms with Gasteiger partial charge in [0.05, 0.1) is 12.8 Å². The Morgan fingerprint density at radius 3 is 2.58 bits per heavy atom. The molecule has 1 heterocycles. The van der Waals surface area contributed by atoms with Crippen molar-refractivity contribution in [3.8, 4) is 0 Å². The summed E-state index contributed by atoms with van der Waals surface area (Å²) in [6.07, 6.45) is 6.56. The zero-order chi connectivity index (χ0) is 13.7. The van der Waals surface area contributed by atoms with E-state index in [9.17, 15) is 9.59 Å². The maximum atomic E-state index is 12.2. The third-order valence-electron chi connectivity index (χ3n) is 3.52. The molecule has 0 aliphatic heterocycles. The van der Waals surface area contributed by atoms with Crippen LogP contribution in [0.4, 0.5) is 5.69 Å². The zero-order valence-electron chi connectivity index (χ0n) is 11.1. The highest BCUT2D eigenvalue weighted by molar-refractivity contribution is 7.12. The monoisotopic (exact) mass is 281 g/mol. The van der Waals surface area contributed by atoms with E-state index >= 15 is 0 Å². The Morgan fingerprint density at radius 1 is 1.26 bits per heavy atom. The Bertz CT molecular complexity index is 447. The molecule has 5 heteroatoms. The highest BCUT2D eigenvalue weighted by atomic mass is 32.1. The Hall–Kier alpha value is -1.36. The molecule has 1 aliphatic rings. The molecule has 104 valence electrons. The lowest BCUT2D eigenvalue weighted by molar-refractivity contribution is -0.120.